The third-order valence-electron chi connectivity index (χ3n) is 8.22. The molecule has 0 aliphatic carbocycles. The van der Waals surface area contributed by atoms with E-state index in [1.165, 1.54) is 16.1 Å². The van der Waals surface area contributed by atoms with Crippen molar-refractivity contribution < 1.29 is 0 Å². The van der Waals surface area contributed by atoms with E-state index < -0.39 is 0 Å². The number of aromatic nitrogens is 1. The summed E-state index contributed by atoms with van der Waals surface area (Å²) in [6.45, 7) is 5.93. The Morgan fingerprint density at radius 1 is 0.854 bits per heavy atom. The van der Waals surface area contributed by atoms with Gasteiger partial charge in [0, 0.05) is 54.0 Å². The number of fused-ring (bicyclic) bond motifs is 2. The molecule has 0 saturated carbocycles. The molecule has 1 atom stereocenters. The Morgan fingerprint density at radius 3 is 2.34 bits per heavy atom. The predicted octanol–water partition coefficient (Wildman–Crippen LogP) is 6.27. The monoisotopic (exact) mass is 555 g/mol. The maximum absolute atomic E-state index is 13.7. The Hall–Kier alpha value is -4.35. The van der Waals surface area contributed by atoms with Gasteiger partial charge in [-0.3, -0.25) is 14.3 Å². The number of benzene rings is 4. The number of nitrogens with zero attached hydrogens (tertiary/aromatic N) is 4. The van der Waals surface area contributed by atoms with Gasteiger partial charge in [0.05, 0.1) is 17.8 Å². The standard InChI is InChI=1S/C34H29N5OS/c1-23-22-39(34(40)30-7-4-6-28(32(23)30)25-11-9-24(21-35)10-12-25)27-15-13-26(14-16-27)37-17-19-38(20-18-37)33-29-5-2-3-8-31(29)41-36-33/h2-16,22,33,36H,17-20H2,1H3. The Morgan fingerprint density at radius 2 is 1.59 bits per heavy atom. The molecular formula is C34H29N5OS. The Balaban J connectivity index is 1.12. The molecule has 41 heavy (non-hydrogen) atoms. The Labute approximate surface area is 243 Å². The van der Waals surface area contributed by atoms with E-state index in [9.17, 15) is 4.79 Å². The number of nitrogens with one attached hydrogen (secondary N) is 1. The van der Waals surface area contributed by atoms with Gasteiger partial charge in [0.25, 0.3) is 5.56 Å². The number of anilines is 1. The van der Waals surface area contributed by atoms with Crippen molar-refractivity contribution in [2.24, 2.45) is 0 Å². The van der Waals surface area contributed by atoms with Crippen LogP contribution in [0.25, 0.3) is 27.6 Å². The first-order valence-corrected chi connectivity index (χ1v) is 14.7. The summed E-state index contributed by atoms with van der Waals surface area (Å²) in [7, 11) is 0. The van der Waals surface area contributed by atoms with Crippen molar-refractivity contribution in [2.75, 3.05) is 31.1 Å². The molecule has 7 rings (SSSR count). The quantitative estimate of drug-likeness (QED) is 0.264. The summed E-state index contributed by atoms with van der Waals surface area (Å²) in [6, 6.07) is 32.5. The maximum Gasteiger partial charge on any atom is 0.262 e. The van der Waals surface area contributed by atoms with E-state index in [1.54, 1.807) is 16.5 Å². The maximum atomic E-state index is 13.7. The topological polar surface area (TPSA) is 64.3 Å². The zero-order valence-corrected chi connectivity index (χ0v) is 23.6. The molecule has 0 spiro atoms. The van der Waals surface area contributed by atoms with Crippen LogP contribution in [0.5, 0.6) is 0 Å². The largest absolute Gasteiger partial charge is 0.369 e. The van der Waals surface area contributed by atoms with Crippen molar-refractivity contribution in [3.63, 3.8) is 0 Å². The number of pyridine rings is 1. The van der Waals surface area contributed by atoms with E-state index in [1.807, 2.05) is 60.8 Å². The van der Waals surface area contributed by atoms with Gasteiger partial charge in [0.2, 0.25) is 0 Å². The fraction of sp³-hybridized carbons (Fsp3) is 0.176. The minimum atomic E-state index is -0.0373. The molecule has 2 aliphatic rings. The lowest BCUT2D eigenvalue weighted by Crippen LogP contribution is -2.49. The average Bonchev–Trinajstić information content (AvgIpc) is 3.47. The minimum Gasteiger partial charge on any atom is -0.369 e. The first kappa shape index (κ1) is 25.6. The van der Waals surface area contributed by atoms with Gasteiger partial charge < -0.3 is 4.90 Å². The number of hydrogen-bond acceptors (Lipinski definition) is 6. The van der Waals surface area contributed by atoms with E-state index in [2.05, 4.69) is 63.9 Å². The number of piperazine rings is 1. The van der Waals surface area contributed by atoms with Gasteiger partial charge in [0.15, 0.2) is 0 Å². The van der Waals surface area contributed by atoms with Crippen LogP contribution in [0.2, 0.25) is 0 Å². The van der Waals surface area contributed by atoms with Gasteiger partial charge in [-0.1, -0.05) is 42.5 Å². The molecule has 1 aromatic heterocycles. The molecule has 1 unspecified atom stereocenters. The average molecular weight is 556 g/mol. The van der Waals surface area contributed by atoms with Gasteiger partial charge in [-0.15, -0.1) is 0 Å². The third kappa shape index (κ3) is 4.60. The van der Waals surface area contributed by atoms with Crippen LogP contribution in [0.3, 0.4) is 0 Å². The van der Waals surface area contributed by atoms with Gasteiger partial charge in [-0.2, -0.15) is 5.26 Å². The first-order chi connectivity index (χ1) is 20.1. The molecule has 1 fully saturated rings. The second-order valence-corrected chi connectivity index (χ2v) is 11.5. The molecule has 0 bridgehead atoms. The van der Waals surface area contributed by atoms with Crippen LogP contribution >= 0.6 is 11.9 Å². The third-order valence-corrected chi connectivity index (χ3v) is 9.16. The van der Waals surface area contributed by atoms with E-state index in [4.69, 9.17) is 5.26 Å². The molecule has 7 heteroatoms. The normalized spacial score (nSPS) is 17.0. The number of nitriles is 1. The number of rotatable bonds is 4. The zero-order valence-electron chi connectivity index (χ0n) is 22.7. The van der Waals surface area contributed by atoms with Crippen molar-refractivity contribution in [3.8, 4) is 22.9 Å². The predicted molar refractivity (Wildman–Crippen MR) is 166 cm³/mol. The van der Waals surface area contributed by atoms with Crippen LogP contribution in [0.15, 0.2) is 107 Å². The molecule has 1 saturated heterocycles. The summed E-state index contributed by atoms with van der Waals surface area (Å²) in [4.78, 5) is 20.0. The molecule has 0 amide bonds. The number of hydrogen-bond donors (Lipinski definition) is 1. The molecule has 3 heterocycles. The van der Waals surface area contributed by atoms with Crippen molar-refractivity contribution in [3.05, 3.63) is 124 Å². The summed E-state index contributed by atoms with van der Waals surface area (Å²) < 4.78 is 5.34. The van der Waals surface area contributed by atoms with Crippen molar-refractivity contribution in [2.45, 2.75) is 18.0 Å². The number of aryl methyl sites for hydroxylation is 1. The van der Waals surface area contributed by atoms with Crippen LogP contribution in [-0.4, -0.2) is 35.6 Å². The summed E-state index contributed by atoms with van der Waals surface area (Å²) in [6.07, 6.45) is 2.21. The van der Waals surface area contributed by atoms with Crippen LogP contribution in [0.4, 0.5) is 5.69 Å². The zero-order chi connectivity index (χ0) is 27.9. The van der Waals surface area contributed by atoms with E-state index >= 15 is 0 Å². The minimum absolute atomic E-state index is 0.0373. The summed E-state index contributed by atoms with van der Waals surface area (Å²) in [5.74, 6) is 0. The molecule has 2 aliphatic heterocycles. The van der Waals surface area contributed by atoms with Crippen LogP contribution in [0, 0.1) is 18.3 Å². The van der Waals surface area contributed by atoms with E-state index in [-0.39, 0.29) is 11.7 Å². The highest BCUT2D eigenvalue weighted by atomic mass is 32.2. The Kier molecular flexibility index (Phi) is 6.60. The van der Waals surface area contributed by atoms with Crippen LogP contribution < -0.4 is 15.2 Å². The molecule has 202 valence electrons. The molecule has 6 nitrogen and oxygen atoms in total. The Bertz CT molecular complexity index is 1850. The fourth-order valence-electron chi connectivity index (χ4n) is 6.07. The lowest BCUT2D eigenvalue weighted by atomic mass is 9.96. The first-order valence-electron chi connectivity index (χ1n) is 13.9. The summed E-state index contributed by atoms with van der Waals surface area (Å²) in [5.41, 5.74) is 7.00. The van der Waals surface area contributed by atoms with Crippen LogP contribution in [-0.2, 0) is 0 Å². The SMILES string of the molecule is Cc1cn(-c2ccc(N3CCN(C4NSc5ccccc54)CC3)cc2)c(=O)c2cccc(-c3ccc(C#N)cc3)c12. The molecular weight excluding hydrogens is 526 g/mol. The second kappa shape index (κ2) is 10.6. The highest BCUT2D eigenvalue weighted by Gasteiger charge is 2.30. The lowest BCUT2D eigenvalue weighted by molar-refractivity contribution is 0.180. The molecule has 1 N–H and O–H groups in total. The lowest BCUT2D eigenvalue weighted by Gasteiger charge is -2.39. The van der Waals surface area contributed by atoms with Crippen LogP contribution in [0.1, 0.15) is 22.9 Å². The van der Waals surface area contributed by atoms with E-state index in [0.29, 0.717) is 10.9 Å². The molecule has 5 aromatic rings. The van der Waals surface area contributed by atoms with Crippen molar-refractivity contribution in [1.29, 1.82) is 5.26 Å². The fourth-order valence-corrected chi connectivity index (χ4v) is 7.03. The molecule has 4 aromatic carbocycles. The van der Waals surface area contributed by atoms with Gasteiger partial charge in [-0.25, -0.2) is 4.72 Å². The highest BCUT2D eigenvalue weighted by molar-refractivity contribution is 7.97. The smallest absolute Gasteiger partial charge is 0.262 e. The van der Waals surface area contributed by atoms with Gasteiger partial charge in [-0.05, 0) is 95.0 Å². The van der Waals surface area contributed by atoms with Gasteiger partial charge >= 0.3 is 0 Å². The summed E-state index contributed by atoms with van der Waals surface area (Å²) >= 11 is 1.73. The van der Waals surface area contributed by atoms with Crippen molar-refractivity contribution >= 4 is 28.4 Å². The summed E-state index contributed by atoms with van der Waals surface area (Å²) in [5, 5.41) is 10.8. The van der Waals surface area contributed by atoms with Gasteiger partial charge in [0.1, 0.15) is 0 Å². The van der Waals surface area contributed by atoms with Crippen molar-refractivity contribution in [1.82, 2.24) is 14.2 Å². The second-order valence-electron chi connectivity index (χ2n) is 10.6. The molecule has 0 radical (unpaired) electrons. The highest BCUT2D eigenvalue weighted by Crippen LogP contribution is 2.37. The van der Waals surface area contributed by atoms with E-state index in [0.717, 1.165) is 53.9 Å².